The maximum absolute atomic E-state index is 11.1. The van der Waals surface area contributed by atoms with Gasteiger partial charge in [-0.05, 0) is 6.07 Å². The summed E-state index contributed by atoms with van der Waals surface area (Å²) in [7, 11) is 0. The molecule has 1 aliphatic heterocycles. The highest BCUT2D eigenvalue weighted by atomic mass is 16.5. The molecule has 1 N–H and O–H groups in total. The Bertz CT molecular complexity index is 475. The van der Waals surface area contributed by atoms with Gasteiger partial charge in [0.05, 0.1) is 18.8 Å². The number of pyridine rings is 1. The molecule has 1 aliphatic rings. The summed E-state index contributed by atoms with van der Waals surface area (Å²) in [5, 5.41) is 17.8. The van der Waals surface area contributed by atoms with Crippen molar-refractivity contribution in [2.75, 3.05) is 31.2 Å². The molecule has 0 bridgehead atoms. The minimum atomic E-state index is -1.07. The van der Waals surface area contributed by atoms with Crippen LogP contribution in [0.25, 0.3) is 0 Å². The van der Waals surface area contributed by atoms with Crippen LogP contribution in [0.2, 0.25) is 0 Å². The van der Waals surface area contributed by atoms with E-state index in [-0.39, 0.29) is 11.1 Å². The van der Waals surface area contributed by atoms with Crippen molar-refractivity contribution in [3.63, 3.8) is 0 Å². The van der Waals surface area contributed by atoms with Gasteiger partial charge in [0.25, 0.3) is 0 Å². The van der Waals surface area contributed by atoms with E-state index in [1.807, 2.05) is 11.0 Å². The van der Waals surface area contributed by atoms with Crippen LogP contribution in [0.4, 0.5) is 5.82 Å². The predicted octanol–water partition coefficient (Wildman–Crippen LogP) is 0.488. The van der Waals surface area contributed by atoms with E-state index >= 15 is 0 Å². The first-order valence-corrected chi connectivity index (χ1v) is 5.18. The lowest BCUT2D eigenvalue weighted by Gasteiger charge is -2.28. The highest BCUT2D eigenvalue weighted by Gasteiger charge is 2.20. The Kier molecular flexibility index (Phi) is 3.21. The van der Waals surface area contributed by atoms with E-state index in [1.165, 1.54) is 12.3 Å². The number of carboxylic acid groups (broad SMARTS) is 1. The lowest BCUT2D eigenvalue weighted by molar-refractivity contribution is 0.0695. The first-order chi connectivity index (χ1) is 8.22. The normalized spacial score (nSPS) is 15.4. The number of aromatic carboxylic acids is 1. The van der Waals surface area contributed by atoms with Crippen LogP contribution in [0.1, 0.15) is 15.9 Å². The summed E-state index contributed by atoms with van der Waals surface area (Å²) in [4.78, 5) is 17.0. The van der Waals surface area contributed by atoms with Crippen molar-refractivity contribution in [3.8, 4) is 6.07 Å². The fraction of sp³-hybridized carbons (Fsp3) is 0.364. The second-order valence-corrected chi connectivity index (χ2v) is 3.61. The largest absolute Gasteiger partial charge is 0.478 e. The molecular formula is C11H11N3O3. The number of carbonyl (C=O) groups is 1. The zero-order valence-corrected chi connectivity index (χ0v) is 9.09. The molecule has 0 radical (unpaired) electrons. The summed E-state index contributed by atoms with van der Waals surface area (Å²) < 4.78 is 5.20. The summed E-state index contributed by atoms with van der Waals surface area (Å²) >= 11 is 0. The second-order valence-electron chi connectivity index (χ2n) is 3.61. The van der Waals surface area contributed by atoms with Crippen LogP contribution in [0.5, 0.6) is 0 Å². The fourth-order valence-corrected chi connectivity index (χ4v) is 1.70. The summed E-state index contributed by atoms with van der Waals surface area (Å²) in [6.07, 6.45) is 1.39. The van der Waals surface area contributed by atoms with Crippen molar-refractivity contribution >= 4 is 11.8 Å². The van der Waals surface area contributed by atoms with E-state index in [1.54, 1.807) is 0 Å². The van der Waals surface area contributed by atoms with E-state index < -0.39 is 5.97 Å². The average molecular weight is 233 g/mol. The predicted molar refractivity (Wildman–Crippen MR) is 58.9 cm³/mol. The molecule has 0 saturated carbocycles. The minimum Gasteiger partial charge on any atom is -0.478 e. The molecule has 0 aromatic carbocycles. The van der Waals surface area contributed by atoms with Crippen molar-refractivity contribution in [3.05, 3.63) is 23.4 Å². The number of anilines is 1. The molecule has 2 rings (SSSR count). The Morgan fingerprint density at radius 3 is 2.82 bits per heavy atom. The fourth-order valence-electron chi connectivity index (χ4n) is 1.70. The SMILES string of the molecule is N#Cc1cnc(N2CCOCC2)c(C(=O)O)c1. The monoisotopic (exact) mass is 233 g/mol. The number of morpholine rings is 1. The lowest BCUT2D eigenvalue weighted by atomic mass is 10.2. The van der Waals surface area contributed by atoms with Gasteiger partial charge in [-0.3, -0.25) is 0 Å². The number of carboxylic acids is 1. The third-order valence-corrected chi connectivity index (χ3v) is 2.54. The van der Waals surface area contributed by atoms with Gasteiger partial charge in [0.2, 0.25) is 0 Å². The summed E-state index contributed by atoms with van der Waals surface area (Å²) in [6, 6.07) is 3.23. The van der Waals surface area contributed by atoms with Gasteiger partial charge >= 0.3 is 5.97 Å². The number of nitriles is 1. The lowest BCUT2D eigenvalue weighted by Crippen LogP contribution is -2.37. The van der Waals surface area contributed by atoms with E-state index in [0.717, 1.165) is 0 Å². The third kappa shape index (κ3) is 2.34. The molecule has 0 atom stereocenters. The van der Waals surface area contributed by atoms with E-state index in [2.05, 4.69) is 4.98 Å². The van der Waals surface area contributed by atoms with Crippen LogP contribution >= 0.6 is 0 Å². The van der Waals surface area contributed by atoms with Crippen LogP contribution in [-0.2, 0) is 4.74 Å². The third-order valence-electron chi connectivity index (χ3n) is 2.54. The second kappa shape index (κ2) is 4.80. The minimum absolute atomic E-state index is 0.0611. The first kappa shape index (κ1) is 11.4. The molecule has 0 spiro atoms. The molecule has 0 aliphatic carbocycles. The maximum Gasteiger partial charge on any atom is 0.339 e. The van der Waals surface area contributed by atoms with Gasteiger partial charge < -0.3 is 14.7 Å². The van der Waals surface area contributed by atoms with Crippen LogP contribution < -0.4 is 4.90 Å². The number of hydrogen-bond donors (Lipinski definition) is 1. The summed E-state index contributed by atoms with van der Waals surface area (Å²) in [6.45, 7) is 2.33. The maximum atomic E-state index is 11.1. The van der Waals surface area contributed by atoms with Gasteiger partial charge in [-0.15, -0.1) is 0 Å². The van der Waals surface area contributed by atoms with Crippen molar-refractivity contribution < 1.29 is 14.6 Å². The van der Waals surface area contributed by atoms with Crippen LogP contribution in [0, 0.1) is 11.3 Å². The van der Waals surface area contributed by atoms with E-state index in [0.29, 0.717) is 32.1 Å². The Balaban J connectivity index is 2.38. The van der Waals surface area contributed by atoms with E-state index in [4.69, 9.17) is 15.1 Å². The number of ether oxygens (including phenoxy) is 1. The molecule has 1 aromatic rings. The Labute approximate surface area is 98.1 Å². The smallest absolute Gasteiger partial charge is 0.339 e. The number of aromatic nitrogens is 1. The molecule has 88 valence electrons. The van der Waals surface area contributed by atoms with Crippen molar-refractivity contribution in [2.24, 2.45) is 0 Å². The van der Waals surface area contributed by atoms with Crippen LogP contribution in [0.15, 0.2) is 12.3 Å². The van der Waals surface area contributed by atoms with Crippen LogP contribution in [-0.4, -0.2) is 42.4 Å². The highest BCUT2D eigenvalue weighted by Crippen LogP contribution is 2.19. The number of rotatable bonds is 2. The van der Waals surface area contributed by atoms with Gasteiger partial charge in [-0.2, -0.15) is 5.26 Å². The molecule has 2 heterocycles. The average Bonchev–Trinajstić information content (AvgIpc) is 2.39. The van der Waals surface area contributed by atoms with Gasteiger partial charge in [-0.1, -0.05) is 0 Å². The first-order valence-electron chi connectivity index (χ1n) is 5.18. The molecule has 6 heteroatoms. The molecule has 6 nitrogen and oxygen atoms in total. The Hall–Kier alpha value is -2.13. The zero-order valence-electron chi connectivity index (χ0n) is 9.09. The van der Waals surface area contributed by atoms with Gasteiger partial charge in [0, 0.05) is 19.3 Å². The van der Waals surface area contributed by atoms with E-state index in [9.17, 15) is 4.79 Å². The highest BCUT2D eigenvalue weighted by molar-refractivity contribution is 5.93. The molecule has 1 saturated heterocycles. The molecule has 0 amide bonds. The summed E-state index contributed by atoms with van der Waals surface area (Å²) in [5.74, 6) is -0.670. The van der Waals surface area contributed by atoms with Gasteiger partial charge in [0.1, 0.15) is 17.5 Å². The Morgan fingerprint density at radius 1 is 1.53 bits per heavy atom. The van der Waals surface area contributed by atoms with Crippen LogP contribution in [0.3, 0.4) is 0 Å². The number of nitrogens with zero attached hydrogens (tertiary/aromatic N) is 3. The zero-order chi connectivity index (χ0) is 12.3. The molecular weight excluding hydrogens is 222 g/mol. The number of hydrogen-bond acceptors (Lipinski definition) is 5. The molecule has 0 unspecified atom stereocenters. The topological polar surface area (TPSA) is 86.5 Å². The van der Waals surface area contributed by atoms with Gasteiger partial charge in [0.15, 0.2) is 0 Å². The quantitative estimate of drug-likeness (QED) is 0.799. The molecule has 1 fully saturated rings. The van der Waals surface area contributed by atoms with Gasteiger partial charge in [-0.25, -0.2) is 9.78 Å². The standard InChI is InChI=1S/C11H11N3O3/c12-6-8-5-9(11(15)16)10(13-7-8)14-1-3-17-4-2-14/h5,7H,1-4H2,(H,15,16). The molecule has 17 heavy (non-hydrogen) atoms. The summed E-state index contributed by atoms with van der Waals surface area (Å²) in [5.41, 5.74) is 0.311. The van der Waals surface area contributed by atoms with Crippen molar-refractivity contribution in [2.45, 2.75) is 0 Å². The van der Waals surface area contributed by atoms with Crippen molar-refractivity contribution in [1.82, 2.24) is 4.98 Å². The van der Waals surface area contributed by atoms with Crippen molar-refractivity contribution in [1.29, 1.82) is 5.26 Å². The Morgan fingerprint density at radius 2 is 2.24 bits per heavy atom. The molecule has 1 aromatic heterocycles.